The number of anilines is 1. The first-order valence-electron chi connectivity index (χ1n) is 6.59. The van der Waals surface area contributed by atoms with Crippen LogP contribution in [-0.2, 0) is 9.59 Å². The largest absolute Gasteiger partial charge is 0.480 e. The first kappa shape index (κ1) is 13.3. The van der Waals surface area contributed by atoms with Gasteiger partial charge in [0.2, 0.25) is 5.91 Å². The monoisotopic (exact) mass is 292 g/mol. The highest BCUT2D eigenvalue weighted by Crippen LogP contribution is 2.34. The topological polar surface area (TPSA) is 69.6 Å². The Morgan fingerprint density at radius 2 is 2.20 bits per heavy atom. The van der Waals surface area contributed by atoms with Crippen molar-refractivity contribution in [2.45, 2.75) is 18.4 Å². The van der Waals surface area contributed by atoms with Gasteiger partial charge in [-0.05, 0) is 11.6 Å². The first-order valence-corrected chi connectivity index (χ1v) is 7.75. The van der Waals surface area contributed by atoms with Crippen LogP contribution in [0, 0.1) is 0 Å². The van der Waals surface area contributed by atoms with Crippen LogP contribution in [0.25, 0.3) is 0 Å². The second-order valence-electron chi connectivity index (χ2n) is 5.09. The van der Waals surface area contributed by atoms with Crippen LogP contribution < -0.4 is 5.32 Å². The fourth-order valence-electron chi connectivity index (χ4n) is 2.76. The standard InChI is InChI=1S/C14H16N2O3S/c17-13(16-8-20-7-12(16)14(18)19)5-9-6-15-11-4-2-1-3-10(9)11/h1-4,9,12,15H,5-8H2,(H,18,19)/t9?,12-/m0/s1. The number of rotatable bonds is 3. The van der Waals surface area contributed by atoms with Gasteiger partial charge in [0.1, 0.15) is 6.04 Å². The third-order valence-electron chi connectivity index (χ3n) is 3.85. The number of carbonyl (C=O) groups excluding carboxylic acids is 1. The van der Waals surface area contributed by atoms with E-state index in [2.05, 4.69) is 5.32 Å². The van der Waals surface area contributed by atoms with E-state index in [9.17, 15) is 9.59 Å². The zero-order valence-electron chi connectivity index (χ0n) is 10.9. The van der Waals surface area contributed by atoms with E-state index in [4.69, 9.17) is 5.11 Å². The molecule has 106 valence electrons. The number of carboxylic acid groups (broad SMARTS) is 1. The number of benzene rings is 1. The highest BCUT2D eigenvalue weighted by molar-refractivity contribution is 7.99. The molecular weight excluding hydrogens is 276 g/mol. The molecule has 3 rings (SSSR count). The van der Waals surface area contributed by atoms with Gasteiger partial charge in [0.25, 0.3) is 0 Å². The Labute approximate surface area is 121 Å². The molecule has 6 heteroatoms. The molecule has 2 heterocycles. The Kier molecular flexibility index (Phi) is 3.56. The maximum Gasteiger partial charge on any atom is 0.327 e. The minimum Gasteiger partial charge on any atom is -0.480 e. The van der Waals surface area contributed by atoms with Crippen LogP contribution in [0.1, 0.15) is 17.9 Å². The van der Waals surface area contributed by atoms with Crippen molar-refractivity contribution in [2.24, 2.45) is 0 Å². The van der Waals surface area contributed by atoms with Gasteiger partial charge in [0.05, 0.1) is 5.88 Å². The number of amides is 1. The molecule has 1 aromatic carbocycles. The third kappa shape index (κ3) is 2.35. The van der Waals surface area contributed by atoms with Gasteiger partial charge in [0.15, 0.2) is 0 Å². The van der Waals surface area contributed by atoms with Gasteiger partial charge in [-0.2, -0.15) is 0 Å². The van der Waals surface area contributed by atoms with Gasteiger partial charge in [-0.25, -0.2) is 4.79 Å². The number of aliphatic carboxylic acids is 1. The molecule has 0 radical (unpaired) electrons. The summed E-state index contributed by atoms with van der Waals surface area (Å²) in [5.41, 5.74) is 2.23. The molecule has 2 N–H and O–H groups in total. The van der Waals surface area contributed by atoms with Crippen LogP contribution in [0.15, 0.2) is 24.3 Å². The lowest BCUT2D eigenvalue weighted by molar-refractivity contribution is -0.147. The molecule has 2 aliphatic heterocycles. The minimum absolute atomic E-state index is 0.0640. The Morgan fingerprint density at radius 3 is 3.00 bits per heavy atom. The van der Waals surface area contributed by atoms with Crippen molar-refractivity contribution in [1.82, 2.24) is 4.90 Å². The Morgan fingerprint density at radius 1 is 1.40 bits per heavy atom. The average molecular weight is 292 g/mol. The van der Waals surface area contributed by atoms with E-state index < -0.39 is 12.0 Å². The molecule has 1 fully saturated rings. The number of hydrogen-bond acceptors (Lipinski definition) is 4. The van der Waals surface area contributed by atoms with Gasteiger partial charge < -0.3 is 15.3 Å². The predicted molar refractivity (Wildman–Crippen MR) is 77.9 cm³/mol. The van der Waals surface area contributed by atoms with E-state index >= 15 is 0 Å². The number of nitrogens with one attached hydrogen (secondary N) is 1. The zero-order chi connectivity index (χ0) is 14.1. The van der Waals surface area contributed by atoms with Crippen molar-refractivity contribution in [3.63, 3.8) is 0 Å². The molecule has 2 aliphatic rings. The van der Waals surface area contributed by atoms with Crippen molar-refractivity contribution < 1.29 is 14.7 Å². The van der Waals surface area contributed by atoms with Crippen molar-refractivity contribution in [1.29, 1.82) is 0 Å². The second kappa shape index (κ2) is 5.36. The molecule has 0 saturated carbocycles. The average Bonchev–Trinajstić information content (AvgIpc) is 3.06. The fraction of sp³-hybridized carbons (Fsp3) is 0.429. The maximum atomic E-state index is 12.3. The molecule has 2 atom stereocenters. The van der Waals surface area contributed by atoms with Gasteiger partial charge in [-0.15, -0.1) is 11.8 Å². The quantitative estimate of drug-likeness (QED) is 0.885. The molecule has 1 aromatic rings. The van der Waals surface area contributed by atoms with Crippen molar-refractivity contribution in [3.05, 3.63) is 29.8 Å². The van der Waals surface area contributed by atoms with E-state index in [1.54, 1.807) is 0 Å². The van der Waals surface area contributed by atoms with Crippen molar-refractivity contribution in [3.8, 4) is 0 Å². The summed E-state index contributed by atoms with van der Waals surface area (Å²) in [4.78, 5) is 25.0. The Hall–Kier alpha value is -1.69. The first-order chi connectivity index (χ1) is 9.66. The molecule has 0 bridgehead atoms. The zero-order valence-corrected chi connectivity index (χ0v) is 11.7. The molecule has 5 nitrogen and oxygen atoms in total. The summed E-state index contributed by atoms with van der Waals surface area (Å²) in [5, 5.41) is 12.4. The van der Waals surface area contributed by atoms with Gasteiger partial charge >= 0.3 is 5.97 Å². The maximum absolute atomic E-state index is 12.3. The van der Waals surface area contributed by atoms with E-state index in [1.807, 2.05) is 24.3 Å². The highest BCUT2D eigenvalue weighted by atomic mass is 32.2. The lowest BCUT2D eigenvalue weighted by atomic mass is 9.97. The Bertz CT molecular complexity index is 549. The molecule has 0 aromatic heterocycles. The van der Waals surface area contributed by atoms with Gasteiger partial charge in [-0.3, -0.25) is 4.79 Å². The van der Waals surface area contributed by atoms with E-state index in [1.165, 1.54) is 16.7 Å². The number of thioether (sulfide) groups is 1. The van der Waals surface area contributed by atoms with E-state index in [-0.39, 0.29) is 11.8 Å². The number of para-hydroxylation sites is 1. The normalized spacial score (nSPS) is 24.3. The summed E-state index contributed by atoms with van der Waals surface area (Å²) in [6.45, 7) is 0.740. The predicted octanol–water partition coefficient (Wildman–Crippen LogP) is 1.57. The summed E-state index contributed by atoms with van der Waals surface area (Å²) in [5.74, 6) is 0.135. The summed E-state index contributed by atoms with van der Waals surface area (Å²) >= 11 is 1.50. The van der Waals surface area contributed by atoms with Crippen LogP contribution in [-0.4, -0.2) is 46.1 Å². The van der Waals surface area contributed by atoms with Crippen LogP contribution >= 0.6 is 11.8 Å². The number of carbonyl (C=O) groups is 2. The van der Waals surface area contributed by atoms with Gasteiger partial charge in [0, 0.05) is 30.3 Å². The van der Waals surface area contributed by atoms with Crippen LogP contribution in [0.2, 0.25) is 0 Å². The number of carboxylic acids is 1. The van der Waals surface area contributed by atoms with Crippen LogP contribution in [0.5, 0.6) is 0 Å². The summed E-state index contributed by atoms with van der Waals surface area (Å²) in [6.07, 6.45) is 0.369. The molecule has 1 saturated heterocycles. The molecule has 0 spiro atoms. The molecular formula is C14H16N2O3S. The minimum atomic E-state index is -0.909. The number of hydrogen-bond donors (Lipinski definition) is 2. The van der Waals surface area contributed by atoms with Gasteiger partial charge in [-0.1, -0.05) is 18.2 Å². The summed E-state index contributed by atoms with van der Waals surface area (Å²) < 4.78 is 0. The summed E-state index contributed by atoms with van der Waals surface area (Å²) in [7, 11) is 0. The smallest absolute Gasteiger partial charge is 0.327 e. The van der Waals surface area contributed by atoms with E-state index in [0.29, 0.717) is 18.1 Å². The Balaban J connectivity index is 1.70. The number of nitrogens with zero attached hydrogens (tertiary/aromatic N) is 1. The highest BCUT2D eigenvalue weighted by Gasteiger charge is 2.36. The van der Waals surface area contributed by atoms with Crippen molar-refractivity contribution in [2.75, 3.05) is 23.5 Å². The summed E-state index contributed by atoms with van der Waals surface area (Å²) in [6, 6.07) is 7.30. The SMILES string of the molecule is O=C(O)[C@@H]1CSCN1C(=O)CC1CNc2ccccc21. The molecule has 1 unspecified atom stereocenters. The molecule has 1 amide bonds. The van der Waals surface area contributed by atoms with E-state index in [0.717, 1.165) is 17.8 Å². The number of fused-ring (bicyclic) bond motifs is 1. The second-order valence-corrected chi connectivity index (χ2v) is 6.09. The third-order valence-corrected chi connectivity index (χ3v) is 4.86. The lowest BCUT2D eigenvalue weighted by Crippen LogP contribution is -2.42. The molecule has 20 heavy (non-hydrogen) atoms. The lowest BCUT2D eigenvalue weighted by Gasteiger charge is -2.22. The fourth-order valence-corrected chi connectivity index (χ4v) is 3.93. The van der Waals surface area contributed by atoms with Crippen LogP contribution in [0.3, 0.4) is 0 Å². The van der Waals surface area contributed by atoms with Crippen molar-refractivity contribution >= 4 is 29.3 Å². The molecule has 0 aliphatic carbocycles. The van der Waals surface area contributed by atoms with Crippen LogP contribution in [0.4, 0.5) is 5.69 Å².